The summed E-state index contributed by atoms with van der Waals surface area (Å²) in [6.45, 7) is 1.73. The summed E-state index contributed by atoms with van der Waals surface area (Å²) in [6, 6.07) is 6.85. The maximum absolute atomic E-state index is 11.5. The molecule has 0 bridgehead atoms. The van der Waals surface area contributed by atoms with Crippen molar-refractivity contribution in [2.45, 2.75) is 11.8 Å². The minimum Gasteiger partial charge on any atom is -0.495 e. The molecule has 0 saturated carbocycles. The molecular weight excluding hydrogens is 272 g/mol. The number of methoxy groups -OCH3 is 1. The molecule has 0 spiro atoms. The second-order valence-corrected chi connectivity index (χ2v) is 4.51. The highest BCUT2D eigenvalue weighted by Gasteiger charge is 2.12. The van der Waals surface area contributed by atoms with Crippen molar-refractivity contribution in [1.29, 1.82) is 5.26 Å². The molecule has 1 aromatic rings. The number of carbonyl (C=O) groups excluding carboxylic acids is 1. The predicted octanol–water partition coefficient (Wildman–Crippen LogP) is 2.29. The van der Waals surface area contributed by atoms with E-state index in [1.165, 1.54) is 7.11 Å². The summed E-state index contributed by atoms with van der Waals surface area (Å²) >= 11 is 3.17. The third kappa shape index (κ3) is 2.97. The van der Waals surface area contributed by atoms with Crippen LogP contribution in [-0.2, 0) is 4.79 Å². The van der Waals surface area contributed by atoms with Crippen LogP contribution in [0, 0.1) is 11.3 Å². The lowest BCUT2D eigenvalue weighted by Crippen LogP contribution is -2.20. The molecule has 0 aliphatic heterocycles. The molecule has 1 rings (SSSR count). The monoisotopic (exact) mass is 282 g/mol. The SMILES string of the molecule is COc1cc(C#N)ccc1NC(=O)C(C)Br. The third-order valence-corrected chi connectivity index (χ3v) is 2.37. The van der Waals surface area contributed by atoms with Crippen molar-refractivity contribution in [2.75, 3.05) is 12.4 Å². The molecule has 1 amide bonds. The van der Waals surface area contributed by atoms with Crippen LogP contribution in [-0.4, -0.2) is 17.8 Å². The van der Waals surface area contributed by atoms with Gasteiger partial charge in [-0.25, -0.2) is 0 Å². The highest BCUT2D eigenvalue weighted by Crippen LogP contribution is 2.25. The van der Waals surface area contributed by atoms with Crippen LogP contribution >= 0.6 is 15.9 Å². The number of hydrogen-bond donors (Lipinski definition) is 1. The predicted molar refractivity (Wildman–Crippen MR) is 64.7 cm³/mol. The van der Waals surface area contributed by atoms with Crippen LogP contribution in [0.2, 0.25) is 0 Å². The van der Waals surface area contributed by atoms with Crippen molar-refractivity contribution in [3.05, 3.63) is 23.8 Å². The van der Waals surface area contributed by atoms with Crippen LogP contribution in [0.25, 0.3) is 0 Å². The largest absolute Gasteiger partial charge is 0.495 e. The minimum absolute atomic E-state index is 0.164. The Hall–Kier alpha value is -1.54. The van der Waals surface area contributed by atoms with Gasteiger partial charge >= 0.3 is 0 Å². The fraction of sp³-hybridized carbons (Fsp3) is 0.273. The lowest BCUT2D eigenvalue weighted by atomic mass is 10.2. The number of benzene rings is 1. The van der Waals surface area contributed by atoms with Crippen molar-refractivity contribution >= 4 is 27.5 Å². The molecule has 4 nitrogen and oxygen atoms in total. The lowest BCUT2D eigenvalue weighted by Gasteiger charge is -2.11. The first-order chi connectivity index (χ1) is 7.58. The summed E-state index contributed by atoms with van der Waals surface area (Å²) in [5.41, 5.74) is 1.04. The zero-order chi connectivity index (χ0) is 12.1. The number of rotatable bonds is 3. The smallest absolute Gasteiger partial charge is 0.237 e. The fourth-order valence-corrected chi connectivity index (χ4v) is 1.21. The molecule has 1 unspecified atom stereocenters. The molecule has 16 heavy (non-hydrogen) atoms. The number of nitrogens with zero attached hydrogens (tertiary/aromatic N) is 1. The Bertz CT molecular complexity index is 438. The highest BCUT2D eigenvalue weighted by atomic mass is 79.9. The zero-order valence-corrected chi connectivity index (χ0v) is 10.5. The van der Waals surface area contributed by atoms with Crippen LogP contribution in [0.1, 0.15) is 12.5 Å². The van der Waals surface area contributed by atoms with E-state index in [2.05, 4.69) is 21.2 Å². The second-order valence-electron chi connectivity index (χ2n) is 3.13. The number of carbonyl (C=O) groups is 1. The summed E-state index contributed by atoms with van der Waals surface area (Å²) in [5, 5.41) is 11.4. The topological polar surface area (TPSA) is 62.1 Å². The van der Waals surface area contributed by atoms with Gasteiger partial charge in [-0.05, 0) is 19.1 Å². The molecule has 0 saturated heterocycles. The number of amides is 1. The Morgan fingerprint density at radius 2 is 2.31 bits per heavy atom. The fourth-order valence-electron chi connectivity index (χ4n) is 1.10. The van der Waals surface area contributed by atoms with Gasteiger partial charge in [-0.2, -0.15) is 5.26 Å². The first-order valence-electron chi connectivity index (χ1n) is 4.61. The van der Waals surface area contributed by atoms with Gasteiger partial charge in [0.2, 0.25) is 5.91 Å². The van der Waals surface area contributed by atoms with Crippen molar-refractivity contribution in [3.63, 3.8) is 0 Å². The molecule has 84 valence electrons. The van der Waals surface area contributed by atoms with Gasteiger partial charge in [-0.3, -0.25) is 4.79 Å². The lowest BCUT2D eigenvalue weighted by molar-refractivity contribution is -0.115. The van der Waals surface area contributed by atoms with E-state index in [1.54, 1.807) is 25.1 Å². The van der Waals surface area contributed by atoms with E-state index in [-0.39, 0.29) is 10.7 Å². The van der Waals surface area contributed by atoms with Crippen LogP contribution in [0.4, 0.5) is 5.69 Å². The number of hydrogen-bond acceptors (Lipinski definition) is 3. The van der Waals surface area contributed by atoms with Gasteiger partial charge in [0.25, 0.3) is 0 Å². The van der Waals surface area contributed by atoms with Crippen molar-refractivity contribution in [2.24, 2.45) is 0 Å². The molecule has 0 radical (unpaired) electrons. The quantitative estimate of drug-likeness (QED) is 0.866. The molecule has 0 aromatic heterocycles. The first kappa shape index (κ1) is 12.5. The molecule has 0 aliphatic carbocycles. The summed E-state index contributed by atoms with van der Waals surface area (Å²) in [7, 11) is 1.49. The van der Waals surface area contributed by atoms with Crippen molar-refractivity contribution in [1.82, 2.24) is 0 Å². The molecular formula is C11H11BrN2O2. The normalized spacial score (nSPS) is 11.4. The molecule has 1 N–H and O–H groups in total. The Morgan fingerprint density at radius 1 is 1.62 bits per heavy atom. The Kier molecular flexibility index (Phi) is 4.32. The Morgan fingerprint density at radius 3 is 2.81 bits per heavy atom. The van der Waals surface area contributed by atoms with Gasteiger partial charge in [-0.15, -0.1) is 0 Å². The average molecular weight is 283 g/mol. The van der Waals surface area contributed by atoms with Crippen LogP contribution < -0.4 is 10.1 Å². The molecule has 0 aliphatic rings. The van der Waals surface area contributed by atoms with Crippen LogP contribution in [0.3, 0.4) is 0 Å². The number of ether oxygens (including phenoxy) is 1. The van der Waals surface area contributed by atoms with Gasteiger partial charge in [0, 0.05) is 6.07 Å². The van der Waals surface area contributed by atoms with E-state index < -0.39 is 0 Å². The molecule has 1 aromatic carbocycles. The summed E-state index contributed by atoms with van der Waals surface area (Å²) in [6.07, 6.45) is 0. The molecule has 5 heteroatoms. The Balaban J connectivity index is 2.97. The van der Waals surface area contributed by atoms with E-state index in [0.29, 0.717) is 17.0 Å². The van der Waals surface area contributed by atoms with Gasteiger partial charge in [-0.1, -0.05) is 15.9 Å². The number of halogens is 1. The average Bonchev–Trinajstić information content (AvgIpc) is 2.29. The summed E-state index contributed by atoms with van der Waals surface area (Å²) < 4.78 is 5.09. The number of nitriles is 1. The molecule has 0 fully saturated rings. The van der Waals surface area contributed by atoms with Crippen molar-refractivity contribution in [3.8, 4) is 11.8 Å². The minimum atomic E-state index is -0.284. The third-order valence-electron chi connectivity index (χ3n) is 1.95. The standard InChI is InChI=1S/C11H11BrN2O2/c1-7(12)11(15)14-9-4-3-8(6-13)5-10(9)16-2/h3-5,7H,1-2H3,(H,14,15). The maximum atomic E-state index is 11.5. The second kappa shape index (κ2) is 5.52. The summed E-state index contributed by atoms with van der Waals surface area (Å²) in [4.78, 5) is 11.2. The number of anilines is 1. The zero-order valence-electron chi connectivity index (χ0n) is 8.95. The molecule has 0 heterocycles. The Labute approximate surface area is 102 Å². The van der Waals surface area contributed by atoms with E-state index in [4.69, 9.17) is 10.00 Å². The van der Waals surface area contributed by atoms with E-state index >= 15 is 0 Å². The van der Waals surface area contributed by atoms with Gasteiger partial charge < -0.3 is 10.1 Å². The highest BCUT2D eigenvalue weighted by molar-refractivity contribution is 9.10. The van der Waals surface area contributed by atoms with Gasteiger partial charge in [0.05, 0.1) is 29.3 Å². The van der Waals surface area contributed by atoms with Crippen LogP contribution in [0.5, 0.6) is 5.75 Å². The maximum Gasteiger partial charge on any atom is 0.237 e. The van der Waals surface area contributed by atoms with Gasteiger partial charge in [0.15, 0.2) is 0 Å². The van der Waals surface area contributed by atoms with Crippen molar-refractivity contribution < 1.29 is 9.53 Å². The van der Waals surface area contributed by atoms with E-state index in [1.807, 2.05) is 6.07 Å². The van der Waals surface area contributed by atoms with E-state index in [9.17, 15) is 4.79 Å². The first-order valence-corrected chi connectivity index (χ1v) is 5.53. The number of alkyl halides is 1. The van der Waals surface area contributed by atoms with Crippen LogP contribution in [0.15, 0.2) is 18.2 Å². The number of nitrogens with one attached hydrogen (secondary N) is 1. The summed E-state index contributed by atoms with van der Waals surface area (Å²) in [5.74, 6) is 0.309. The molecule has 1 atom stereocenters. The van der Waals surface area contributed by atoms with E-state index in [0.717, 1.165) is 0 Å². The van der Waals surface area contributed by atoms with Gasteiger partial charge in [0.1, 0.15) is 5.75 Å².